The van der Waals surface area contributed by atoms with Gasteiger partial charge in [-0.15, -0.1) is 0 Å². The summed E-state index contributed by atoms with van der Waals surface area (Å²) in [5.74, 6) is 0.714. The van der Waals surface area contributed by atoms with Crippen molar-refractivity contribution in [1.82, 2.24) is 24.3 Å². The SMILES string of the molecule is Brc1cnc2c(NCc3cncnc3)nc(-c3ccccc3)cn12. The summed E-state index contributed by atoms with van der Waals surface area (Å²) in [6, 6.07) is 10.1. The number of fused-ring (bicyclic) bond motifs is 1. The smallest absolute Gasteiger partial charge is 0.181 e. The highest BCUT2D eigenvalue weighted by Crippen LogP contribution is 2.25. The van der Waals surface area contributed by atoms with E-state index in [1.165, 1.54) is 6.33 Å². The summed E-state index contributed by atoms with van der Waals surface area (Å²) in [5, 5.41) is 3.33. The van der Waals surface area contributed by atoms with E-state index >= 15 is 0 Å². The Hall–Kier alpha value is -2.80. The van der Waals surface area contributed by atoms with E-state index in [2.05, 4.69) is 36.2 Å². The van der Waals surface area contributed by atoms with Crippen LogP contribution in [0.25, 0.3) is 16.9 Å². The van der Waals surface area contributed by atoms with E-state index < -0.39 is 0 Å². The van der Waals surface area contributed by atoms with Crippen molar-refractivity contribution >= 4 is 27.4 Å². The molecule has 0 aliphatic heterocycles. The monoisotopic (exact) mass is 380 g/mol. The van der Waals surface area contributed by atoms with Gasteiger partial charge in [-0.3, -0.25) is 4.40 Å². The third-order valence-corrected chi connectivity index (χ3v) is 4.18. The number of halogens is 1. The Morgan fingerprint density at radius 1 is 1.04 bits per heavy atom. The molecule has 4 aromatic rings. The van der Waals surface area contributed by atoms with Crippen LogP contribution in [0.1, 0.15) is 5.56 Å². The molecule has 0 aliphatic rings. The van der Waals surface area contributed by atoms with Crippen LogP contribution < -0.4 is 5.32 Å². The minimum Gasteiger partial charge on any atom is -0.363 e. The summed E-state index contributed by atoms with van der Waals surface area (Å²) < 4.78 is 2.85. The number of anilines is 1. The summed E-state index contributed by atoms with van der Waals surface area (Å²) in [6.07, 6.45) is 8.81. The lowest BCUT2D eigenvalue weighted by atomic mass is 10.2. The molecule has 0 bridgehead atoms. The molecule has 1 N–H and O–H groups in total. The first-order valence-corrected chi connectivity index (χ1v) is 8.17. The second-order valence-electron chi connectivity index (χ2n) is 5.22. The van der Waals surface area contributed by atoms with Crippen LogP contribution in [0.4, 0.5) is 5.82 Å². The summed E-state index contributed by atoms with van der Waals surface area (Å²) in [5.41, 5.74) is 3.66. The van der Waals surface area contributed by atoms with Gasteiger partial charge in [-0.1, -0.05) is 30.3 Å². The maximum absolute atomic E-state index is 4.74. The summed E-state index contributed by atoms with van der Waals surface area (Å²) in [7, 11) is 0. The fourth-order valence-corrected chi connectivity index (χ4v) is 2.81. The van der Waals surface area contributed by atoms with Crippen molar-refractivity contribution in [3.8, 4) is 11.3 Å². The molecule has 7 heteroatoms. The molecule has 0 unspecified atom stereocenters. The number of hydrogen-bond donors (Lipinski definition) is 1. The van der Waals surface area contributed by atoms with E-state index in [9.17, 15) is 0 Å². The van der Waals surface area contributed by atoms with Gasteiger partial charge in [-0.05, 0) is 15.9 Å². The van der Waals surface area contributed by atoms with Crippen LogP contribution in [0.2, 0.25) is 0 Å². The largest absolute Gasteiger partial charge is 0.363 e. The quantitative estimate of drug-likeness (QED) is 0.586. The van der Waals surface area contributed by atoms with Crippen LogP contribution >= 0.6 is 15.9 Å². The van der Waals surface area contributed by atoms with Gasteiger partial charge in [0.1, 0.15) is 10.9 Å². The van der Waals surface area contributed by atoms with Crippen LogP contribution in [0.15, 0.2) is 66.0 Å². The molecule has 0 atom stereocenters. The molecule has 0 saturated carbocycles. The van der Waals surface area contributed by atoms with Gasteiger partial charge >= 0.3 is 0 Å². The number of benzene rings is 1. The molecule has 1 aromatic carbocycles. The third-order valence-electron chi connectivity index (χ3n) is 3.59. The first-order valence-electron chi connectivity index (χ1n) is 7.38. The summed E-state index contributed by atoms with van der Waals surface area (Å²) in [6.45, 7) is 0.576. The van der Waals surface area contributed by atoms with Crippen LogP contribution in [0.3, 0.4) is 0 Å². The second kappa shape index (κ2) is 6.37. The van der Waals surface area contributed by atoms with Crippen molar-refractivity contribution in [2.24, 2.45) is 0 Å². The Kier molecular flexibility index (Phi) is 3.92. The first-order chi connectivity index (χ1) is 11.8. The molecule has 118 valence electrons. The molecule has 0 saturated heterocycles. The first kappa shape index (κ1) is 14.8. The number of imidazole rings is 1. The average Bonchev–Trinajstić information content (AvgIpc) is 3.02. The standard InChI is InChI=1S/C17H13BrN6/c18-15-9-22-17-16(21-8-12-6-19-11-20-7-12)23-14(10-24(15)17)13-4-2-1-3-5-13/h1-7,9-11H,8H2,(H,21,23). The van der Waals surface area contributed by atoms with Crippen LogP contribution in [-0.2, 0) is 6.54 Å². The molecule has 0 radical (unpaired) electrons. The fourth-order valence-electron chi connectivity index (χ4n) is 2.43. The minimum absolute atomic E-state index is 0.576. The Labute approximate surface area is 146 Å². The minimum atomic E-state index is 0.576. The van der Waals surface area contributed by atoms with Gasteiger partial charge in [0.15, 0.2) is 11.5 Å². The summed E-state index contributed by atoms with van der Waals surface area (Å²) >= 11 is 3.53. The highest BCUT2D eigenvalue weighted by Gasteiger charge is 2.11. The highest BCUT2D eigenvalue weighted by molar-refractivity contribution is 9.10. The van der Waals surface area contributed by atoms with Gasteiger partial charge in [-0.25, -0.2) is 19.9 Å². The number of rotatable bonds is 4. The lowest BCUT2D eigenvalue weighted by Crippen LogP contribution is -2.05. The number of hydrogen-bond acceptors (Lipinski definition) is 5. The van der Waals surface area contributed by atoms with E-state index in [4.69, 9.17) is 4.98 Å². The van der Waals surface area contributed by atoms with Crippen molar-refractivity contribution < 1.29 is 0 Å². The van der Waals surface area contributed by atoms with E-state index in [1.54, 1.807) is 18.6 Å². The Morgan fingerprint density at radius 3 is 2.62 bits per heavy atom. The average molecular weight is 381 g/mol. The lowest BCUT2D eigenvalue weighted by molar-refractivity contribution is 1.03. The molecule has 0 fully saturated rings. The van der Waals surface area contributed by atoms with Crippen LogP contribution in [0, 0.1) is 0 Å². The van der Waals surface area contributed by atoms with Gasteiger partial charge in [0.2, 0.25) is 0 Å². The maximum atomic E-state index is 4.74. The normalized spacial score (nSPS) is 10.9. The zero-order valence-electron chi connectivity index (χ0n) is 12.6. The second-order valence-corrected chi connectivity index (χ2v) is 6.03. The predicted octanol–water partition coefficient (Wildman–Crippen LogP) is 3.56. The lowest BCUT2D eigenvalue weighted by Gasteiger charge is -2.10. The third kappa shape index (κ3) is 2.85. The van der Waals surface area contributed by atoms with E-state index in [-0.39, 0.29) is 0 Å². The van der Waals surface area contributed by atoms with Crippen molar-refractivity contribution in [2.75, 3.05) is 5.32 Å². The topological polar surface area (TPSA) is 68.0 Å². The molecule has 0 aliphatic carbocycles. The van der Waals surface area contributed by atoms with Crippen LogP contribution in [0.5, 0.6) is 0 Å². The highest BCUT2D eigenvalue weighted by atomic mass is 79.9. The molecular formula is C17H13BrN6. The molecule has 3 heterocycles. The summed E-state index contributed by atoms with van der Waals surface area (Å²) in [4.78, 5) is 17.2. The maximum Gasteiger partial charge on any atom is 0.181 e. The van der Waals surface area contributed by atoms with Crippen molar-refractivity contribution in [1.29, 1.82) is 0 Å². The van der Waals surface area contributed by atoms with E-state index in [0.717, 1.165) is 27.1 Å². The van der Waals surface area contributed by atoms with Crippen LogP contribution in [-0.4, -0.2) is 24.3 Å². The molecule has 0 spiro atoms. The molecule has 6 nitrogen and oxygen atoms in total. The van der Waals surface area contributed by atoms with Gasteiger partial charge in [0.05, 0.1) is 11.9 Å². The molecule has 4 rings (SSSR count). The fraction of sp³-hybridized carbons (Fsp3) is 0.0588. The molecule has 24 heavy (non-hydrogen) atoms. The van der Waals surface area contributed by atoms with Gasteiger partial charge in [0, 0.05) is 36.3 Å². The Balaban J connectivity index is 1.76. The van der Waals surface area contributed by atoms with Gasteiger partial charge in [-0.2, -0.15) is 0 Å². The Bertz CT molecular complexity index is 968. The Morgan fingerprint density at radius 2 is 1.83 bits per heavy atom. The number of nitrogens with zero attached hydrogens (tertiary/aromatic N) is 5. The van der Waals surface area contributed by atoms with Crippen molar-refractivity contribution in [3.05, 3.63) is 71.6 Å². The number of aromatic nitrogens is 5. The molecule has 0 amide bonds. The van der Waals surface area contributed by atoms with Crippen molar-refractivity contribution in [2.45, 2.75) is 6.54 Å². The zero-order chi connectivity index (χ0) is 16.4. The number of nitrogens with one attached hydrogen (secondary N) is 1. The van der Waals surface area contributed by atoms with Gasteiger partial charge in [0.25, 0.3) is 0 Å². The van der Waals surface area contributed by atoms with Crippen molar-refractivity contribution in [3.63, 3.8) is 0 Å². The van der Waals surface area contributed by atoms with Gasteiger partial charge < -0.3 is 5.32 Å². The molecular weight excluding hydrogens is 368 g/mol. The van der Waals surface area contributed by atoms with E-state index in [0.29, 0.717) is 12.4 Å². The predicted molar refractivity (Wildman–Crippen MR) is 95.5 cm³/mol. The zero-order valence-corrected chi connectivity index (χ0v) is 14.2. The van der Waals surface area contributed by atoms with E-state index in [1.807, 2.05) is 40.9 Å². The molecule has 3 aromatic heterocycles.